The molecule has 21 nitrogen and oxygen atoms in total. The number of hydrogen-bond acceptors (Lipinski definition) is 11. The summed E-state index contributed by atoms with van der Waals surface area (Å²) in [6.45, 7) is 11.9. The third-order valence-electron chi connectivity index (χ3n) is 9.09. The van der Waals surface area contributed by atoms with Crippen LogP contribution in [0.2, 0.25) is 0 Å². The molecule has 15 N–H and O–H groups in total. The minimum atomic E-state index is -5.08. The van der Waals surface area contributed by atoms with Gasteiger partial charge in [-0.05, 0) is 50.0 Å². The largest absolute Gasteiger partial charge is 0.490 e. The average Bonchev–Trinajstić information content (AvgIpc) is 3.14. The van der Waals surface area contributed by atoms with Crippen LogP contribution in [0.25, 0.3) is 0 Å². The molecule has 0 aromatic rings. The minimum absolute atomic E-state index is 0.171. The lowest BCUT2D eigenvalue weighted by molar-refractivity contribution is -0.192. The van der Waals surface area contributed by atoms with E-state index in [9.17, 15) is 56.3 Å². The van der Waals surface area contributed by atoms with Crippen LogP contribution in [0, 0.1) is 17.8 Å². The van der Waals surface area contributed by atoms with Crippen molar-refractivity contribution in [3.8, 4) is 0 Å². The quantitative estimate of drug-likeness (QED) is 0.0423. The van der Waals surface area contributed by atoms with Crippen molar-refractivity contribution in [2.75, 3.05) is 6.54 Å². The molecule has 0 saturated heterocycles. The van der Waals surface area contributed by atoms with E-state index in [-0.39, 0.29) is 25.2 Å². The van der Waals surface area contributed by atoms with E-state index in [4.69, 9.17) is 32.8 Å². The lowest BCUT2D eigenvalue weighted by Crippen LogP contribution is -2.62. The summed E-state index contributed by atoms with van der Waals surface area (Å²) in [5.74, 6) is -11.1. The number of rotatable bonds is 26. The van der Waals surface area contributed by atoms with E-state index in [1.54, 1.807) is 41.5 Å². The number of nitrogens with one attached hydrogen (secondary N) is 6. The summed E-state index contributed by atoms with van der Waals surface area (Å²) in [5.41, 5.74) is 21.6. The number of carbonyl (C=O) groups excluding carboxylic acids is 9. The van der Waals surface area contributed by atoms with Gasteiger partial charge in [-0.15, -0.1) is 0 Å². The zero-order valence-corrected chi connectivity index (χ0v) is 35.0. The second kappa shape index (κ2) is 28.0. The van der Waals surface area contributed by atoms with Crippen LogP contribution in [0.3, 0.4) is 0 Å². The first-order chi connectivity index (χ1) is 27.6. The Balaban J connectivity index is 0. The second-order valence-corrected chi connectivity index (χ2v) is 14.5. The van der Waals surface area contributed by atoms with Crippen molar-refractivity contribution < 1.29 is 66.2 Å². The zero-order chi connectivity index (χ0) is 47.1. The Labute approximate surface area is 346 Å². The fraction of sp³-hybridized carbons (Fsp3) is 0.722. The Bertz CT molecular complexity index is 1500. The van der Waals surface area contributed by atoms with E-state index in [1.165, 1.54) is 6.92 Å². The maximum atomic E-state index is 13.9. The Kier molecular flexibility index (Phi) is 26.4. The highest BCUT2D eigenvalue weighted by Gasteiger charge is 2.39. The van der Waals surface area contributed by atoms with E-state index in [0.717, 1.165) is 0 Å². The van der Waals surface area contributed by atoms with Crippen LogP contribution in [0.15, 0.2) is 0 Å². The zero-order valence-electron chi connectivity index (χ0n) is 35.0. The molecule has 344 valence electrons. The molecule has 0 bridgehead atoms. The Hall–Kier alpha value is -5.55. The number of carbonyl (C=O) groups is 10. The highest BCUT2D eigenvalue weighted by molar-refractivity contribution is 5.98. The van der Waals surface area contributed by atoms with Gasteiger partial charge in [-0.3, -0.25) is 43.2 Å². The molecule has 24 heteroatoms. The molecule has 8 unspecified atom stereocenters. The second-order valence-electron chi connectivity index (χ2n) is 14.5. The van der Waals surface area contributed by atoms with E-state index < -0.39 is 120 Å². The molecule has 0 radical (unpaired) electrons. The number of hydrogen-bond donors (Lipinski definition) is 11. The summed E-state index contributed by atoms with van der Waals surface area (Å²) in [4.78, 5) is 124. The number of carboxylic acid groups (broad SMARTS) is 1. The summed E-state index contributed by atoms with van der Waals surface area (Å²) >= 11 is 0. The third-order valence-corrected chi connectivity index (χ3v) is 9.09. The highest BCUT2D eigenvalue weighted by Crippen LogP contribution is 2.15. The molecule has 0 aliphatic rings. The van der Waals surface area contributed by atoms with Crippen LogP contribution in [0.4, 0.5) is 13.2 Å². The van der Waals surface area contributed by atoms with Crippen molar-refractivity contribution >= 4 is 59.1 Å². The summed E-state index contributed by atoms with van der Waals surface area (Å²) in [6, 6.07) is -7.48. The molecule has 0 heterocycles. The first kappa shape index (κ1) is 56.5. The van der Waals surface area contributed by atoms with Crippen molar-refractivity contribution in [1.82, 2.24) is 31.9 Å². The molecule has 0 fully saturated rings. The van der Waals surface area contributed by atoms with Gasteiger partial charge >= 0.3 is 12.1 Å². The maximum absolute atomic E-state index is 13.9. The molecule has 0 rings (SSSR count). The van der Waals surface area contributed by atoms with Gasteiger partial charge in [0.2, 0.25) is 53.2 Å². The predicted molar refractivity (Wildman–Crippen MR) is 209 cm³/mol. The van der Waals surface area contributed by atoms with Gasteiger partial charge in [-0.25, -0.2) is 4.79 Å². The number of halogens is 3. The number of primary amides is 3. The van der Waals surface area contributed by atoms with Crippen molar-refractivity contribution in [2.45, 2.75) is 142 Å². The number of nitrogens with two attached hydrogens (primary N) is 4. The molecule has 0 spiro atoms. The van der Waals surface area contributed by atoms with Crippen LogP contribution in [-0.2, 0) is 47.9 Å². The predicted octanol–water partition coefficient (Wildman–Crippen LogP) is -1.95. The number of amides is 9. The molecule has 0 aliphatic carbocycles. The van der Waals surface area contributed by atoms with E-state index >= 15 is 0 Å². The van der Waals surface area contributed by atoms with Crippen molar-refractivity contribution in [3.63, 3.8) is 0 Å². The van der Waals surface area contributed by atoms with Crippen molar-refractivity contribution in [1.29, 1.82) is 0 Å². The van der Waals surface area contributed by atoms with Crippen LogP contribution in [0.5, 0.6) is 0 Å². The van der Waals surface area contributed by atoms with Gasteiger partial charge in [0.25, 0.3) is 0 Å². The van der Waals surface area contributed by atoms with Crippen LogP contribution in [0.1, 0.15) is 99.8 Å². The van der Waals surface area contributed by atoms with E-state index in [1.807, 2.05) is 0 Å². The van der Waals surface area contributed by atoms with E-state index in [0.29, 0.717) is 32.2 Å². The summed E-state index contributed by atoms with van der Waals surface area (Å²) in [6.07, 6.45) is -4.23. The van der Waals surface area contributed by atoms with Crippen molar-refractivity contribution in [3.05, 3.63) is 0 Å². The molecule has 0 aromatic carbocycles. The highest BCUT2D eigenvalue weighted by atomic mass is 19.4. The summed E-state index contributed by atoms with van der Waals surface area (Å²) < 4.78 is 31.7. The molecular weight excluding hydrogens is 805 g/mol. The summed E-state index contributed by atoms with van der Waals surface area (Å²) in [7, 11) is 0. The topological polar surface area (TPSA) is 367 Å². The van der Waals surface area contributed by atoms with Gasteiger partial charge in [0.1, 0.15) is 36.3 Å². The smallest absolute Gasteiger partial charge is 0.475 e. The van der Waals surface area contributed by atoms with Crippen LogP contribution < -0.4 is 54.8 Å². The lowest BCUT2D eigenvalue weighted by Gasteiger charge is -2.31. The Morgan fingerprint density at radius 2 is 1.00 bits per heavy atom. The lowest BCUT2D eigenvalue weighted by atomic mass is 9.94. The third kappa shape index (κ3) is 22.6. The Morgan fingerprint density at radius 1 is 0.583 bits per heavy atom. The minimum Gasteiger partial charge on any atom is -0.475 e. The van der Waals surface area contributed by atoms with Gasteiger partial charge in [0.05, 0.1) is 6.42 Å². The number of alkyl halides is 3. The molecule has 0 aliphatic heterocycles. The SMILES string of the molecule is CCC(C)C(NC(=O)C(CCC(N)=O)NC(=O)C(NC(C)=O)C(C)C)C(=O)NC(C(=O)NC(CC(N)=O)C(=O)NC(CCCCN)C(N)=O)C(C)CC.O=C(O)C(F)(F)F. The van der Waals surface area contributed by atoms with Crippen molar-refractivity contribution in [2.24, 2.45) is 40.7 Å². The normalized spacial score (nSPS) is 15.1. The van der Waals surface area contributed by atoms with Crippen LogP contribution in [-0.4, -0.2) is 113 Å². The fourth-order valence-corrected chi connectivity index (χ4v) is 5.19. The Morgan fingerprint density at radius 3 is 1.38 bits per heavy atom. The molecule has 60 heavy (non-hydrogen) atoms. The molecule has 8 atom stereocenters. The first-order valence-electron chi connectivity index (χ1n) is 19.3. The number of aliphatic carboxylic acids is 1. The van der Waals surface area contributed by atoms with Gasteiger partial charge in [0, 0.05) is 13.3 Å². The number of carboxylic acids is 1. The van der Waals surface area contributed by atoms with Gasteiger partial charge < -0.3 is 59.9 Å². The molecule has 9 amide bonds. The maximum Gasteiger partial charge on any atom is 0.490 e. The molecule has 0 saturated carbocycles. The number of unbranched alkanes of at least 4 members (excludes halogenated alkanes) is 1. The standard InChI is InChI=1S/C34H62N10O9.C2HF3O2/c1-8-18(5)27(33(52)42-23(16-25(37)47)31(50)40-21(29(38)48)12-10-11-15-35)44-34(53)28(19(6)9-2)43-30(49)22(13-14-24(36)46)41-32(51)26(17(3)4)39-20(7)45;3-2(4,5)1(6)7/h17-19,21-23,26-28H,8-16,35H2,1-7H3,(H2,36,46)(H2,37,47)(H2,38,48)(H,39,45)(H,40,50)(H,41,51)(H,42,52)(H,43,49)(H,44,53);(H,6,7). The van der Waals surface area contributed by atoms with Crippen LogP contribution >= 0.6 is 0 Å². The van der Waals surface area contributed by atoms with Gasteiger partial charge in [0.15, 0.2) is 0 Å². The van der Waals surface area contributed by atoms with Gasteiger partial charge in [-0.1, -0.05) is 54.4 Å². The molecule has 0 aromatic heterocycles. The monoisotopic (exact) mass is 868 g/mol. The fourth-order valence-electron chi connectivity index (χ4n) is 5.19. The summed E-state index contributed by atoms with van der Waals surface area (Å²) in [5, 5.41) is 22.4. The average molecular weight is 869 g/mol. The van der Waals surface area contributed by atoms with E-state index in [2.05, 4.69) is 31.9 Å². The van der Waals surface area contributed by atoms with Gasteiger partial charge in [-0.2, -0.15) is 13.2 Å². The first-order valence-corrected chi connectivity index (χ1v) is 19.3. The molecular formula is C36H63F3N10O11.